The topological polar surface area (TPSA) is 72.3 Å². The van der Waals surface area contributed by atoms with Crippen LogP contribution in [0.1, 0.15) is 16.8 Å². The second-order valence-corrected chi connectivity index (χ2v) is 6.46. The summed E-state index contributed by atoms with van der Waals surface area (Å²) in [5.41, 5.74) is 1.35. The highest BCUT2D eigenvalue weighted by atomic mass is 16.5. The summed E-state index contributed by atoms with van der Waals surface area (Å²) < 4.78 is 7.02. The van der Waals surface area contributed by atoms with Crippen LogP contribution in [0, 0.1) is 0 Å². The first kappa shape index (κ1) is 16.4. The molecule has 3 heterocycles. The van der Waals surface area contributed by atoms with E-state index in [0.29, 0.717) is 11.4 Å². The van der Waals surface area contributed by atoms with Crippen molar-refractivity contribution >= 4 is 22.6 Å². The van der Waals surface area contributed by atoms with E-state index in [1.165, 1.54) is 0 Å². The Morgan fingerprint density at radius 2 is 2.19 bits per heavy atom. The van der Waals surface area contributed by atoms with Gasteiger partial charge in [-0.25, -0.2) is 9.67 Å². The molecule has 1 saturated heterocycles. The van der Waals surface area contributed by atoms with Crippen molar-refractivity contribution < 1.29 is 9.53 Å². The van der Waals surface area contributed by atoms with Crippen molar-refractivity contribution in [3.63, 3.8) is 0 Å². The monoisotopic (exact) mass is 351 g/mol. The number of aromatic nitrogens is 3. The molecule has 7 heteroatoms. The molecular weight excluding hydrogens is 330 g/mol. The van der Waals surface area contributed by atoms with Crippen molar-refractivity contribution in [2.45, 2.75) is 12.5 Å². The molecule has 1 N–H and O–H groups in total. The number of nitrogens with one attached hydrogen (secondary N) is 1. The molecule has 0 bridgehead atoms. The third kappa shape index (κ3) is 2.96. The number of nitrogens with zero attached hydrogens (tertiary/aromatic N) is 4. The van der Waals surface area contributed by atoms with E-state index in [4.69, 9.17) is 4.74 Å². The van der Waals surface area contributed by atoms with Gasteiger partial charge in [0.25, 0.3) is 5.91 Å². The van der Waals surface area contributed by atoms with Crippen LogP contribution in [0.25, 0.3) is 10.9 Å². The van der Waals surface area contributed by atoms with Gasteiger partial charge < -0.3 is 15.0 Å². The van der Waals surface area contributed by atoms with Crippen LogP contribution in [0.4, 0.5) is 5.82 Å². The lowest BCUT2D eigenvalue weighted by Crippen LogP contribution is -2.37. The molecule has 0 spiro atoms. The summed E-state index contributed by atoms with van der Waals surface area (Å²) in [6, 6.07) is 11.5. The van der Waals surface area contributed by atoms with Gasteiger partial charge in [-0.1, -0.05) is 6.07 Å². The molecule has 2 aromatic heterocycles. The van der Waals surface area contributed by atoms with E-state index in [-0.39, 0.29) is 11.9 Å². The van der Waals surface area contributed by atoms with Gasteiger partial charge in [0.1, 0.15) is 5.82 Å². The standard InChI is InChI=1S/C19H21N5O2/c1-23-19(26-2)15-7-6-13(11-16(15)22-23)18(25)21-14-8-10-24(12-14)17-5-3-4-9-20-17/h3-7,9,11,14H,8,10,12H2,1-2H3,(H,21,25). The normalized spacial score (nSPS) is 16.8. The van der Waals surface area contributed by atoms with Gasteiger partial charge in [-0.3, -0.25) is 4.79 Å². The number of anilines is 1. The van der Waals surface area contributed by atoms with E-state index in [1.807, 2.05) is 37.4 Å². The number of fused-ring (bicyclic) bond motifs is 1. The fraction of sp³-hybridized carbons (Fsp3) is 0.316. The molecule has 1 amide bonds. The minimum Gasteiger partial charge on any atom is -0.481 e. The molecule has 7 nitrogen and oxygen atoms in total. The summed E-state index contributed by atoms with van der Waals surface area (Å²) in [4.78, 5) is 19.2. The Bertz CT molecular complexity index is 938. The third-order valence-electron chi connectivity index (χ3n) is 4.73. The molecular formula is C19H21N5O2. The molecule has 134 valence electrons. The Balaban J connectivity index is 1.46. The Hall–Kier alpha value is -3.09. The number of carbonyl (C=O) groups excluding carboxylic acids is 1. The number of ether oxygens (including phenoxy) is 1. The summed E-state index contributed by atoms with van der Waals surface area (Å²) >= 11 is 0. The Labute approximate surface area is 151 Å². The second kappa shape index (κ2) is 6.67. The number of hydrogen-bond acceptors (Lipinski definition) is 5. The molecule has 3 aromatic rings. The number of benzene rings is 1. The van der Waals surface area contributed by atoms with E-state index in [2.05, 4.69) is 20.3 Å². The lowest BCUT2D eigenvalue weighted by molar-refractivity contribution is 0.0940. The molecule has 1 atom stereocenters. The fourth-order valence-corrected chi connectivity index (χ4v) is 3.46. The van der Waals surface area contributed by atoms with Crippen LogP contribution >= 0.6 is 0 Å². The fourth-order valence-electron chi connectivity index (χ4n) is 3.46. The molecule has 0 radical (unpaired) electrons. The average molecular weight is 351 g/mol. The van der Waals surface area contributed by atoms with Gasteiger partial charge in [-0.15, -0.1) is 0 Å². The minimum atomic E-state index is -0.0793. The highest BCUT2D eigenvalue weighted by Gasteiger charge is 2.25. The third-order valence-corrected chi connectivity index (χ3v) is 4.73. The van der Waals surface area contributed by atoms with Crippen LogP contribution in [0.3, 0.4) is 0 Å². The average Bonchev–Trinajstić information content (AvgIpc) is 3.25. The van der Waals surface area contributed by atoms with Gasteiger partial charge in [-0.2, -0.15) is 5.10 Å². The van der Waals surface area contributed by atoms with Crippen molar-refractivity contribution in [1.82, 2.24) is 20.1 Å². The van der Waals surface area contributed by atoms with Gasteiger partial charge in [0, 0.05) is 37.9 Å². The van der Waals surface area contributed by atoms with Gasteiger partial charge >= 0.3 is 0 Å². The largest absolute Gasteiger partial charge is 0.481 e. The van der Waals surface area contributed by atoms with Crippen molar-refractivity contribution in [2.24, 2.45) is 7.05 Å². The number of rotatable bonds is 4. The van der Waals surface area contributed by atoms with Gasteiger partial charge in [0.05, 0.1) is 18.0 Å². The summed E-state index contributed by atoms with van der Waals surface area (Å²) in [5, 5.41) is 8.42. The van der Waals surface area contributed by atoms with E-state index in [1.54, 1.807) is 24.1 Å². The second-order valence-electron chi connectivity index (χ2n) is 6.46. The van der Waals surface area contributed by atoms with Crippen LogP contribution < -0.4 is 15.0 Å². The number of pyridine rings is 1. The summed E-state index contributed by atoms with van der Waals surface area (Å²) in [5.74, 6) is 1.56. The molecule has 1 aliphatic heterocycles. The maximum atomic E-state index is 12.6. The summed E-state index contributed by atoms with van der Waals surface area (Å²) in [7, 11) is 3.44. The van der Waals surface area contributed by atoms with E-state index in [0.717, 1.165) is 36.2 Å². The van der Waals surface area contributed by atoms with Crippen LogP contribution in [-0.2, 0) is 7.05 Å². The Kier molecular flexibility index (Phi) is 4.20. The molecule has 26 heavy (non-hydrogen) atoms. The molecule has 0 saturated carbocycles. The molecule has 4 rings (SSSR count). The van der Waals surface area contributed by atoms with Crippen molar-refractivity contribution in [1.29, 1.82) is 0 Å². The predicted molar refractivity (Wildman–Crippen MR) is 99.6 cm³/mol. The van der Waals surface area contributed by atoms with Crippen LogP contribution in [-0.4, -0.2) is 46.9 Å². The smallest absolute Gasteiger partial charge is 0.251 e. The maximum Gasteiger partial charge on any atom is 0.251 e. The number of aryl methyl sites for hydroxylation is 1. The maximum absolute atomic E-state index is 12.6. The molecule has 1 aliphatic rings. The van der Waals surface area contributed by atoms with Gasteiger partial charge in [0.2, 0.25) is 5.88 Å². The van der Waals surface area contributed by atoms with Crippen LogP contribution in [0.5, 0.6) is 5.88 Å². The summed E-state index contributed by atoms with van der Waals surface area (Å²) in [6.07, 6.45) is 2.69. The van der Waals surface area contributed by atoms with Crippen molar-refractivity contribution in [2.75, 3.05) is 25.1 Å². The first-order valence-electron chi connectivity index (χ1n) is 8.63. The predicted octanol–water partition coefficient (Wildman–Crippen LogP) is 1.99. The molecule has 1 unspecified atom stereocenters. The summed E-state index contributed by atoms with van der Waals surface area (Å²) in [6.45, 7) is 1.65. The van der Waals surface area contributed by atoms with Crippen LogP contribution in [0.15, 0.2) is 42.6 Å². The quantitative estimate of drug-likeness (QED) is 0.778. The Morgan fingerprint density at radius 3 is 2.96 bits per heavy atom. The SMILES string of the molecule is COc1c2ccc(C(=O)NC3CCN(c4ccccn4)C3)cc2nn1C. The molecule has 1 aromatic carbocycles. The van der Waals surface area contributed by atoms with E-state index >= 15 is 0 Å². The van der Waals surface area contributed by atoms with Crippen molar-refractivity contribution in [3.8, 4) is 5.88 Å². The minimum absolute atomic E-state index is 0.0793. The number of carbonyl (C=O) groups is 1. The highest BCUT2D eigenvalue weighted by Crippen LogP contribution is 2.25. The number of amides is 1. The van der Waals surface area contributed by atoms with E-state index in [9.17, 15) is 4.79 Å². The van der Waals surface area contributed by atoms with Gasteiger partial charge in [0.15, 0.2) is 0 Å². The zero-order chi connectivity index (χ0) is 18.1. The first-order chi connectivity index (χ1) is 12.7. The Morgan fingerprint density at radius 1 is 1.31 bits per heavy atom. The van der Waals surface area contributed by atoms with Crippen molar-refractivity contribution in [3.05, 3.63) is 48.2 Å². The van der Waals surface area contributed by atoms with Crippen LogP contribution in [0.2, 0.25) is 0 Å². The lowest BCUT2D eigenvalue weighted by atomic mass is 10.1. The van der Waals surface area contributed by atoms with Gasteiger partial charge in [-0.05, 0) is 36.8 Å². The zero-order valence-electron chi connectivity index (χ0n) is 14.8. The molecule has 1 fully saturated rings. The van der Waals surface area contributed by atoms with E-state index < -0.39 is 0 Å². The molecule has 0 aliphatic carbocycles. The highest BCUT2D eigenvalue weighted by molar-refractivity contribution is 5.98. The zero-order valence-corrected chi connectivity index (χ0v) is 14.8. The number of methoxy groups -OCH3 is 1. The first-order valence-corrected chi connectivity index (χ1v) is 8.63. The number of hydrogen-bond donors (Lipinski definition) is 1. The lowest BCUT2D eigenvalue weighted by Gasteiger charge is -2.17.